The molecule has 30 heavy (non-hydrogen) atoms. The minimum absolute atomic E-state index is 0.314. The van der Waals surface area contributed by atoms with Gasteiger partial charge in [0.05, 0.1) is 0 Å². The molecule has 0 radical (unpaired) electrons. The Labute approximate surface area is 176 Å². The van der Waals surface area contributed by atoms with Crippen molar-refractivity contribution in [1.82, 2.24) is 19.7 Å². The number of pyridine rings is 1. The lowest BCUT2D eigenvalue weighted by atomic mass is 9.64. The topological polar surface area (TPSA) is 63.1 Å². The van der Waals surface area contributed by atoms with Crippen molar-refractivity contribution in [3.63, 3.8) is 0 Å². The van der Waals surface area contributed by atoms with Crippen molar-refractivity contribution in [2.24, 2.45) is 5.41 Å². The van der Waals surface area contributed by atoms with Crippen LogP contribution in [0.1, 0.15) is 44.6 Å². The molecule has 2 aliphatic rings. The molecule has 3 aromatic rings. The van der Waals surface area contributed by atoms with Gasteiger partial charge in [0.2, 0.25) is 6.41 Å². The fraction of sp³-hybridized carbons (Fsp3) is 0.435. The van der Waals surface area contributed by atoms with E-state index in [4.69, 9.17) is 0 Å². The van der Waals surface area contributed by atoms with Gasteiger partial charge in [0.25, 0.3) is 0 Å². The van der Waals surface area contributed by atoms with Crippen LogP contribution in [0.15, 0.2) is 36.7 Å². The summed E-state index contributed by atoms with van der Waals surface area (Å²) in [6.45, 7) is 6.31. The van der Waals surface area contributed by atoms with Crippen LogP contribution in [0, 0.1) is 11.2 Å². The second-order valence-corrected chi connectivity index (χ2v) is 8.69. The van der Waals surface area contributed by atoms with Gasteiger partial charge in [-0.25, -0.2) is 14.1 Å². The Balaban J connectivity index is 0.000000200. The first-order valence-corrected chi connectivity index (χ1v) is 10.5. The molecule has 1 saturated carbocycles. The van der Waals surface area contributed by atoms with Gasteiger partial charge < -0.3 is 10.2 Å². The van der Waals surface area contributed by atoms with E-state index in [1.54, 1.807) is 19.2 Å². The number of hydrogen-bond donors (Lipinski definition) is 1. The monoisotopic (exact) mass is 409 g/mol. The number of carbonyl (C=O) groups excluding carboxylic acids is 1. The quantitative estimate of drug-likeness (QED) is 0.651. The summed E-state index contributed by atoms with van der Waals surface area (Å²) in [5, 5.41) is 8.27. The summed E-state index contributed by atoms with van der Waals surface area (Å²) >= 11 is 0. The van der Waals surface area contributed by atoms with Crippen molar-refractivity contribution in [3.8, 4) is 5.69 Å². The summed E-state index contributed by atoms with van der Waals surface area (Å²) in [6, 6.07) is 6.90. The first-order valence-electron chi connectivity index (χ1n) is 10.5. The molecular weight excluding hydrogens is 381 g/mol. The molecule has 7 heteroatoms. The molecule has 1 N–H and O–H groups in total. The van der Waals surface area contributed by atoms with Crippen molar-refractivity contribution in [3.05, 3.63) is 48.0 Å². The Morgan fingerprint density at radius 1 is 1.23 bits per heavy atom. The minimum Gasteiger partial charge on any atom is -0.388 e. The number of carbonyl (C=O) groups is 1. The standard InChI is InChI=1S/C16H17FN4.C7H11NO/c1-10(2)11-6-12-9-21(20-16(12)19-8-11)15-7-13(18-3)4-5-14(15)17;9-6-8-4-7(5-8)2-1-3-7/h4-10,18H,1-3H3;6H,1-5H2. The maximum atomic E-state index is 14.0. The molecule has 1 saturated heterocycles. The fourth-order valence-corrected chi connectivity index (χ4v) is 4.10. The van der Waals surface area contributed by atoms with E-state index in [0.717, 1.165) is 36.1 Å². The summed E-state index contributed by atoms with van der Waals surface area (Å²) in [5.41, 5.74) is 3.62. The van der Waals surface area contributed by atoms with Crippen molar-refractivity contribution in [2.45, 2.75) is 39.0 Å². The van der Waals surface area contributed by atoms with E-state index in [2.05, 4.69) is 35.3 Å². The van der Waals surface area contributed by atoms with Crippen LogP contribution in [0.3, 0.4) is 0 Å². The molecule has 1 aliphatic carbocycles. The molecule has 0 atom stereocenters. The zero-order valence-electron chi connectivity index (χ0n) is 17.7. The van der Waals surface area contributed by atoms with Crippen LogP contribution in [-0.2, 0) is 4.79 Å². The van der Waals surface area contributed by atoms with Gasteiger partial charge in [0.15, 0.2) is 5.65 Å². The summed E-state index contributed by atoms with van der Waals surface area (Å²) in [4.78, 5) is 16.4. The normalized spacial score (nSPS) is 16.6. The highest BCUT2D eigenvalue weighted by Crippen LogP contribution is 2.47. The highest BCUT2D eigenvalue weighted by molar-refractivity contribution is 5.75. The number of fused-ring (bicyclic) bond motifs is 1. The molecular formula is C23H28FN5O. The zero-order chi connectivity index (χ0) is 21.3. The SMILES string of the molecule is CNc1ccc(F)c(-n2cc3cc(C(C)C)cnc3n2)c1.O=CN1CC2(CCC2)C1. The Hall–Kier alpha value is -2.96. The molecule has 6 nitrogen and oxygen atoms in total. The van der Waals surface area contributed by atoms with Crippen LogP contribution < -0.4 is 5.32 Å². The van der Waals surface area contributed by atoms with Crippen LogP contribution in [0.2, 0.25) is 0 Å². The molecule has 1 spiro atoms. The number of aromatic nitrogens is 3. The number of benzene rings is 1. The van der Waals surface area contributed by atoms with Crippen LogP contribution in [-0.4, -0.2) is 46.2 Å². The smallest absolute Gasteiger partial charge is 0.209 e. The highest BCUT2D eigenvalue weighted by atomic mass is 19.1. The zero-order valence-corrected chi connectivity index (χ0v) is 17.7. The van der Waals surface area contributed by atoms with Gasteiger partial charge in [0, 0.05) is 49.0 Å². The van der Waals surface area contributed by atoms with Crippen LogP contribution in [0.5, 0.6) is 0 Å². The average molecular weight is 410 g/mol. The van der Waals surface area contributed by atoms with Crippen LogP contribution in [0.25, 0.3) is 16.7 Å². The Bertz CT molecular complexity index is 1050. The lowest BCUT2D eigenvalue weighted by molar-refractivity contribution is -0.135. The highest BCUT2D eigenvalue weighted by Gasteiger charge is 2.46. The number of nitrogens with zero attached hydrogens (tertiary/aromatic N) is 4. The number of rotatable bonds is 4. The molecule has 0 bridgehead atoms. The largest absolute Gasteiger partial charge is 0.388 e. The second kappa shape index (κ2) is 8.05. The predicted molar refractivity (Wildman–Crippen MR) is 116 cm³/mol. The molecule has 5 rings (SSSR count). The molecule has 1 aromatic carbocycles. The number of anilines is 1. The number of halogens is 1. The molecule has 1 aliphatic heterocycles. The fourth-order valence-electron chi connectivity index (χ4n) is 4.10. The minimum atomic E-state index is -0.314. The summed E-state index contributed by atoms with van der Waals surface area (Å²) in [6.07, 6.45) is 8.70. The Kier molecular flexibility index (Phi) is 5.45. The van der Waals surface area contributed by atoms with Crippen molar-refractivity contribution in [2.75, 3.05) is 25.5 Å². The first kappa shape index (κ1) is 20.3. The summed E-state index contributed by atoms with van der Waals surface area (Å²) in [5.74, 6) is 0.0838. The van der Waals surface area contributed by atoms with Gasteiger partial charge >= 0.3 is 0 Å². The van der Waals surface area contributed by atoms with Crippen molar-refractivity contribution < 1.29 is 9.18 Å². The summed E-state index contributed by atoms with van der Waals surface area (Å²) < 4.78 is 15.6. The maximum absolute atomic E-state index is 14.0. The molecule has 2 fully saturated rings. The predicted octanol–water partition coefficient (Wildman–Crippen LogP) is 4.35. The molecule has 1 amide bonds. The van der Waals surface area contributed by atoms with E-state index >= 15 is 0 Å². The van der Waals surface area contributed by atoms with Crippen molar-refractivity contribution in [1.29, 1.82) is 0 Å². The lowest BCUT2D eigenvalue weighted by Gasteiger charge is -2.54. The van der Waals surface area contributed by atoms with E-state index in [1.165, 1.54) is 30.0 Å². The van der Waals surface area contributed by atoms with Gasteiger partial charge in [-0.1, -0.05) is 20.3 Å². The van der Waals surface area contributed by atoms with Gasteiger partial charge in [-0.3, -0.25) is 4.79 Å². The maximum Gasteiger partial charge on any atom is 0.209 e. The Morgan fingerprint density at radius 3 is 2.60 bits per heavy atom. The third-order valence-corrected chi connectivity index (χ3v) is 6.17. The number of amides is 1. The number of nitrogens with one attached hydrogen (secondary N) is 1. The number of likely N-dealkylation sites (tertiary alicyclic amines) is 1. The van der Waals surface area contributed by atoms with E-state index in [-0.39, 0.29) is 5.82 Å². The molecule has 158 valence electrons. The second-order valence-electron chi connectivity index (χ2n) is 8.69. The van der Waals surface area contributed by atoms with Gasteiger partial charge in [-0.05, 0) is 48.6 Å². The number of hydrogen-bond acceptors (Lipinski definition) is 4. The first-order chi connectivity index (χ1) is 14.4. The van der Waals surface area contributed by atoms with Gasteiger partial charge in [-0.2, -0.15) is 0 Å². The van der Waals surface area contributed by atoms with Crippen LogP contribution in [0.4, 0.5) is 10.1 Å². The molecule has 2 aromatic heterocycles. The van der Waals surface area contributed by atoms with Gasteiger partial charge in [-0.15, -0.1) is 5.10 Å². The van der Waals surface area contributed by atoms with E-state index in [9.17, 15) is 9.18 Å². The van der Waals surface area contributed by atoms with Crippen molar-refractivity contribution >= 4 is 23.1 Å². The average Bonchev–Trinajstić information content (AvgIpc) is 3.10. The summed E-state index contributed by atoms with van der Waals surface area (Å²) in [7, 11) is 1.80. The van der Waals surface area contributed by atoms with E-state index < -0.39 is 0 Å². The Morgan fingerprint density at radius 2 is 2.00 bits per heavy atom. The van der Waals surface area contributed by atoms with Crippen LogP contribution >= 0.6 is 0 Å². The third-order valence-electron chi connectivity index (χ3n) is 6.17. The molecule has 3 heterocycles. The third kappa shape index (κ3) is 3.88. The van der Waals surface area contributed by atoms with E-state index in [0.29, 0.717) is 22.7 Å². The van der Waals surface area contributed by atoms with Gasteiger partial charge in [0.1, 0.15) is 11.5 Å². The molecule has 0 unspecified atom stereocenters. The van der Waals surface area contributed by atoms with E-state index in [1.807, 2.05) is 17.3 Å². The lowest BCUT2D eigenvalue weighted by Crippen LogP contribution is -2.58.